The van der Waals surface area contributed by atoms with E-state index in [2.05, 4.69) is 5.32 Å². The molecule has 15 heavy (non-hydrogen) atoms. The molecule has 1 rings (SSSR count). The summed E-state index contributed by atoms with van der Waals surface area (Å²) in [6.07, 6.45) is 0.342. The van der Waals surface area contributed by atoms with Crippen LogP contribution in [0.1, 0.15) is 13.3 Å². The Labute approximate surface area is 88.9 Å². The highest BCUT2D eigenvalue weighted by molar-refractivity contribution is 5.70. The zero-order valence-electron chi connectivity index (χ0n) is 8.69. The van der Waals surface area contributed by atoms with E-state index in [-0.39, 0.29) is 11.7 Å². The fourth-order valence-corrected chi connectivity index (χ4v) is 1.12. The van der Waals surface area contributed by atoms with Gasteiger partial charge in [-0.2, -0.15) is 0 Å². The standard InChI is InChI=1S/C11H15NO3/c1-2-15-11(14)7-8-12-9-3-5-10(13)6-4-9/h3-6,12-13H,2,7-8H2,1H3. The third kappa shape index (κ3) is 4.35. The van der Waals surface area contributed by atoms with Crippen molar-refractivity contribution >= 4 is 11.7 Å². The summed E-state index contributed by atoms with van der Waals surface area (Å²) in [6, 6.07) is 6.68. The molecule has 0 aliphatic carbocycles. The number of esters is 1. The first-order valence-corrected chi connectivity index (χ1v) is 4.91. The number of benzene rings is 1. The molecule has 82 valence electrons. The van der Waals surface area contributed by atoms with Crippen LogP contribution >= 0.6 is 0 Å². The number of hydrogen-bond acceptors (Lipinski definition) is 4. The van der Waals surface area contributed by atoms with Crippen LogP contribution in [0.15, 0.2) is 24.3 Å². The Morgan fingerprint density at radius 2 is 2.07 bits per heavy atom. The Morgan fingerprint density at radius 1 is 1.40 bits per heavy atom. The molecule has 0 radical (unpaired) electrons. The van der Waals surface area contributed by atoms with Gasteiger partial charge in [0.25, 0.3) is 0 Å². The Morgan fingerprint density at radius 3 is 2.67 bits per heavy atom. The molecule has 0 atom stereocenters. The molecule has 0 heterocycles. The summed E-state index contributed by atoms with van der Waals surface area (Å²) in [4.78, 5) is 11.0. The molecular weight excluding hydrogens is 194 g/mol. The van der Waals surface area contributed by atoms with E-state index in [0.717, 1.165) is 5.69 Å². The number of aromatic hydroxyl groups is 1. The summed E-state index contributed by atoms with van der Waals surface area (Å²) >= 11 is 0. The molecule has 0 spiro atoms. The molecule has 0 aromatic heterocycles. The monoisotopic (exact) mass is 209 g/mol. The lowest BCUT2D eigenvalue weighted by Crippen LogP contribution is -2.11. The van der Waals surface area contributed by atoms with E-state index >= 15 is 0 Å². The third-order valence-corrected chi connectivity index (χ3v) is 1.83. The fourth-order valence-electron chi connectivity index (χ4n) is 1.12. The minimum atomic E-state index is -0.205. The fraction of sp³-hybridized carbons (Fsp3) is 0.364. The topological polar surface area (TPSA) is 58.6 Å². The largest absolute Gasteiger partial charge is 0.508 e. The molecule has 0 bridgehead atoms. The lowest BCUT2D eigenvalue weighted by atomic mass is 10.3. The van der Waals surface area contributed by atoms with Crippen LogP contribution in [0.4, 0.5) is 5.69 Å². The summed E-state index contributed by atoms with van der Waals surface area (Å²) in [7, 11) is 0. The number of nitrogens with one attached hydrogen (secondary N) is 1. The number of rotatable bonds is 5. The smallest absolute Gasteiger partial charge is 0.307 e. The number of carbonyl (C=O) groups excluding carboxylic acids is 1. The van der Waals surface area contributed by atoms with E-state index in [1.165, 1.54) is 0 Å². The number of hydrogen-bond donors (Lipinski definition) is 2. The molecule has 2 N–H and O–H groups in total. The van der Waals surface area contributed by atoms with E-state index in [1.54, 1.807) is 31.2 Å². The SMILES string of the molecule is CCOC(=O)CCNc1ccc(O)cc1. The maximum absolute atomic E-state index is 11.0. The molecule has 0 saturated carbocycles. The number of phenols is 1. The second-order valence-corrected chi connectivity index (χ2v) is 3.03. The Bertz CT molecular complexity index is 308. The van der Waals surface area contributed by atoms with Crippen molar-refractivity contribution in [1.29, 1.82) is 0 Å². The highest BCUT2D eigenvalue weighted by Crippen LogP contribution is 2.13. The Balaban J connectivity index is 2.26. The van der Waals surface area contributed by atoms with Crippen molar-refractivity contribution in [3.63, 3.8) is 0 Å². The highest BCUT2D eigenvalue weighted by Gasteiger charge is 2.00. The van der Waals surface area contributed by atoms with Gasteiger partial charge in [-0.25, -0.2) is 0 Å². The minimum absolute atomic E-state index is 0.205. The van der Waals surface area contributed by atoms with Gasteiger partial charge < -0.3 is 15.2 Å². The summed E-state index contributed by atoms with van der Waals surface area (Å²) in [5, 5.41) is 12.1. The third-order valence-electron chi connectivity index (χ3n) is 1.83. The second-order valence-electron chi connectivity index (χ2n) is 3.03. The van der Waals surface area contributed by atoms with E-state index in [0.29, 0.717) is 19.6 Å². The normalized spacial score (nSPS) is 9.67. The van der Waals surface area contributed by atoms with Gasteiger partial charge in [-0.1, -0.05) is 0 Å². The number of phenolic OH excluding ortho intramolecular Hbond substituents is 1. The maximum atomic E-state index is 11.0. The van der Waals surface area contributed by atoms with Crippen LogP contribution in [0.25, 0.3) is 0 Å². The molecule has 0 fully saturated rings. The van der Waals surface area contributed by atoms with Gasteiger partial charge in [0, 0.05) is 12.2 Å². The first-order chi connectivity index (χ1) is 7.22. The number of carbonyl (C=O) groups is 1. The Hall–Kier alpha value is -1.71. The molecule has 0 amide bonds. The molecule has 1 aromatic carbocycles. The van der Waals surface area contributed by atoms with Crippen molar-refractivity contribution in [3.8, 4) is 5.75 Å². The average Bonchev–Trinajstić information content (AvgIpc) is 2.21. The molecule has 4 heteroatoms. The first kappa shape index (κ1) is 11.4. The van der Waals surface area contributed by atoms with E-state index in [9.17, 15) is 4.79 Å². The van der Waals surface area contributed by atoms with E-state index in [1.807, 2.05) is 0 Å². The molecule has 0 saturated heterocycles. The zero-order valence-corrected chi connectivity index (χ0v) is 8.69. The number of anilines is 1. The van der Waals surface area contributed by atoms with Crippen LogP contribution < -0.4 is 5.32 Å². The number of ether oxygens (including phenoxy) is 1. The lowest BCUT2D eigenvalue weighted by Gasteiger charge is -2.05. The molecule has 4 nitrogen and oxygen atoms in total. The first-order valence-electron chi connectivity index (χ1n) is 4.91. The van der Waals surface area contributed by atoms with Crippen molar-refractivity contribution in [2.24, 2.45) is 0 Å². The summed E-state index contributed by atoms with van der Waals surface area (Å²) in [5.74, 6) is 0.0229. The van der Waals surface area contributed by atoms with Crippen molar-refractivity contribution in [2.75, 3.05) is 18.5 Å². The van der Waals surface area contributed by atoms with Gasteiger partial charge in [0.05, 0.1) is 13.0 Å². The van der Waals surface area contributed by atoms with Crippen molar-refractivity contribution in [2.45, 2.75) is 13.3 Å². The van der Waals surface area contributed by atoms with Crippen molar-refractivity contribution in [1.82, 2.24) is 0 Å². The maximum Gasteiger partial charge on any atom is 0.307 e. The summed E-state index contributed by atoms with van der Waals surface area (Å²) < 4.78 is 4.78. The van der Waals surface area contributed by atoms with Gasteiger partial charge in [-0.05, 0) is 31.2 Å². The van der Waals surface area contributed by atoms with Crippen molar-refractivity contribution < 1.29 is 14.6 Å². The van der Waals surface area contributed by atoms with Crippen LogP contribution in [-0.2, 0) is 9.53 Å². The zero-order chi connectivity index (χ0) is 11.1. The van der Waals surface area contributed by atoms with E-state index < -0.39 is 0 Å². The highest BCUT2D eigenvalue weighted by atomic mass is 16.5. The molecule has 1 aromatic rings. The van der Waals surface area contributed by atoms with Crippen LogP contribution in [-0.4, -0.2) is 24.2 Å². The van der Waals surface area contributed by atoms with Crippen LogP contribution in [0, 0.1) is 0 Å². The van der Waals surface area contributed by atoms with Crippen LogP contribution in [0.5, 0.6) is 5.75 Å². The lowest BCUT2D eigenvalue weighted by molar-refractivity contribution is -0.142. The predicted molar refractivity (Wildman–Crippen MR) is 57.8 cm³/mol. The van der Waals surface area contributed by atoms with Gasteiger partial charge in [0.1, 0.15) is 5.75 Å². The van der Waals surface area contributed by atoms with Crippen molar-refractivity contribution in [3.05, 3.63) is 24.3 Å². The molecule has 0 unspecified atom stereocenters. The van der Waals surface area contributed by atoms with E-state index in [4.69, 9.17) is 9.84 Å². The molecule has 0 aliphatic heterocycles. The average molecular weight is 209 g/mol. The van der Waals surface area contributed by atoms with Gasteiger partial charge in [0.2, 0.25) is 0 Å². The van der Waals surface area contributed by atoms with Gasteiger partial charge in [0.15, 0.2) is 0 Å². The molecular formula is C11H15NO3. The second kappa shape index (κ2) is 5.90. The predicted octanol–water partition coefficient (Wildman–Crippen LogP) is 1.76. The summed E-state index contributed by atoms with van der Waals surface area (Å²) in [6.45, 7) is 2.73. The quantitative estimate of drug-likeness (QED) is 0.573. The van der Waals surface area contributed by atoms with Gasteiger partial charge in [-0.15, -0.1) is 0 Å². The van der Waals surface area contributed by atoms with Crippen LogP contribution in [0.3, 0.4) is 0 Å². The van der Waals surface area contributed by atoms with Gasteiger partial charge >= 0.3 is 5.97 Å². The van der Waals surface area contributed by atoms with Crippen LogP contribution in [0.2, 0.25) is 0 Å². The molecule has 0 aliphatic rings. The Kier molecular flexibility index (Phi) is 4.47. The summed E-state index contributed by atoms with van der Waals surface area (Å²) in [5.41, 5.74) is 0.872. The van der Waals surface area contributed by atoms with Gasteiger partial charge in [-0.3, -0.25) is 4.79 Å². The minimum Gasteiger partial charge on any atom is -0.508 e.